The third kappa shape index (κ3) is 3.82. The van der Waals surface area contributed by atoms with Gasteiger partial charge in [-0.25, -0.2) is 4.98 Å². The first-order valence-electron chi connectivity index (χ1n) is 7.60. The number of amides is 1. The highest BCUT2D eigenvalue weighted by molar-refractivity contribution is 5.92. The molecule has 112 valence electrons. The van der Waals surface area contributed by atoms with E-state index >= 15 is 0 Å². The summed E-state index contributed by atoms with van der Waals surface area (Å²) >= 11 is 0. The van der Waals surface area contributed by atoms with Gasteiger partial charge in [0.2, 0.25) is 5.89 Å². The number of hydrogen-bond donors (Lipinski definition) is 2. The highest BCUT2D eigenvalue weighted by Crippen LogP contribution is 2.19. The van der Waals surface area contributed by atoms with Crippen molar-refractivity contribution in [2.45, 2.75) is 64.5 Å². The van der Waals surface area contributed by atoms with Crippen molar-refractivity contribution in [1.29, 1.82) is 0 Å². The maximum Gasteiger partial charge on any atom is 0.273 e. The Kier molecular flexibility index (Phi) is 5.17. The van der Waals surface area contributed by atoms with Crippen LogP contribution in [0, 0.1) is 5.92 Å². The number of rotatable bonds is 4. The first kappa shape index (κ1) is 15.0. The number of nitrogens with one attached hydrogen (secondary N) is 1. The third-order valence-corrected chi connectivity index (χ3v) is 3.95. The normalized spacial score (nSPS) is 18.8. The Morgan fingerprint density at radius 3 is 2.60 bits per heavy atom. The SMILES string of the molecule is CC(C)C(N)c1nc(C(=O)NC2CCCCCC2)co1. The van der Waals surface area contributed by atoms with Gasteiger partial charge in [0, 0.05) is 6.04 Å². The largest absolute Gasteiger partial charge is 0.446 e. The smallest absolute Gasteiger partial charge is 0.273 e. The number of carbonyl (C=O) groups excluding carboxylic acids is 1. The fourth-order valence-electron chi connectivity index (χ4n) is 2.51. The number of aromatic nitrogens is 1. The van der Waals surface area contributed by atoms with Crippen molar-refractivity contribution >= 4 is 5.91 Å². The van der Waals surface area contributed by atoms with Gasteiger partial charge in [0.1, 0.15) is 6.26 Å². The Morgan fingerprint density at radius 1 is 1.35 bits per heavy atom. The molecule has 0 aliphatic heterocycles. The van der Waals surface area contributed by atoms with Crippen molar-refractivity contribution < 1.29 is 9.21 Å². The molecule has 1 heterocycles. The summed E-state index contributed by atoms with van der Waals surface area (Å²) in [5.74, 6) is 0.514. The number of nitrogens with two attached hydrogens (primary N) is 1. The molecule has 1 unspecified atom stereocenters. The van der Waals surface area contributed by atoms with Crippen LogP contribution in [-0.2, 0) is 0 Å². The van der Waals surface area contributed by atoms with Crippen molar-refractivity contribution in [1.82, 2.24) is 10.3 Å². The lowest BCUT2D eigenvalue weighted by atomic mass is 10.1. The van der Waals surface area contributed by atoms with Gasteiger partial charge in [-0.2, -0.15) is 0 Å². The van der Waals surface area contributed by atoms with Crippen molar-refractivity contribution in [3.8, 4) is 0 Å². The molecule has 1 amide bonds. The molecule has 0 spiro atoms. The van der Waals surface area contributed by atoms with E-state index in [0.29, 0.717) is 11.6 Å². The van der Waals surface area contributed by atoms with Crippen LogP contribution in [0.15, 0.2) is 10.7 Å². The second-order valence-corrected chi connectivity index (χ2v) is 6.00. The van der Waals surface area contributed by atoms with Crippen LogP contribution in [0.1, 0.15) is 74.8 Å². The number of oxazole rings is 1. The minimum atomic E-state index is -0.269. The Morgan fingerprint density at radius 2 is 2.00 bits per heavy atom. The van der Waals surface area contributed by atoms with E-state index in [9.17, 15) is 4.79 Å². The zero-order valence-corrected chi connectivity index (χ0v) is 12.4. The Balaban J connectivity index is 1.95. The lowest BCUT2D eigenvalue weighted by Crippen LogP contribution is -2.34. The van der Waals surface area contributed by atoms with Crippen LogP contribution in [0.25, 0.3) is 0 Å². The van der Waals surface area contributed by atoms with Gasteiger partial charge in [0.25, 0.3) is 5.91 Å². The molecule has 1 aliphatic rings. The molecule has 0 aromatic carbocycles. The summed E-state index contributed by atoms with van der Waals surface area (Å²) in [4.78, 5) is 16.4. The van der Waals surface area contributed by atoms with Crippen molar-refractivity contribution in [2.75, 3.05) is 0 Å². The monoisotopic (exact) mass is 279 g/mol. The molecule has 5 heteroatoms. The van der Waals surface area contributed by atoms with Gasteiger partial charge >= 0.3 is 0 Å². The summed E-state index contributed by atoms with van der Waals surface area (Å²) < 4.78 is 5.33. The molecular formula is C15H25N3O2. The Labute approximate surface area is 120 Å². The first-order valence-corrected chi connectivity index (χ1v) is 7.60. The standard InChI is InChI=1S/C15H25N3O2/c1-10(2)13(16)15-18-12(9-20-15)14(19)17-11-7-5-3-4-6-8-11/h9-11,13H,3-8,16H2,1-2H3,(H,17,19). The summed E-state index contributed by atoms with van der Waals surface area (Å²) in [6.07, 6.45) is 8.43. The minimum Gasteiger partial charge on any atom is -0.446 e. The van der Waals surface area contributed by atoms with Gasteiger partial charge in [-0.1, -0.05) is 39.5 Å². The second-order valence-electron chi connectivity index (χ2n) is 6.00. The summed E-state index contributed by atoms with van der Waals surface area (Å²) in [5, 5.41) is 3.05. The predicted molar refractivity (Wildman–Crippen MR) is 77.2 cm³/mol. The van der Waals surface area contributed by atoms with Crippen LogP contribution < -0.4 is 11.1 Å². The lowest BCUT2D eigenvalue weighted by Gasteiger charge is -2.15. The number of nitrogens with zero attached hydrogens (tertiary/aromatic N) is 1. The average Bonchev–Trinajstić information content (AvgIpc) is 2.77. The van der Waals surface area contributed by atoms with Gasteiger partial charge in [-0.15, -0.1) is 0 Å². The van der Waals surface area contributed by atoms with Crippen molar-refractivity contribution in [3.05, 3.63) is 17.8 Å². The molecule has 1 aromatic heterocycles. The van der Waals surface area contributed by atoms with Crippen LogP contribution in [0.2, 0.25) is 0 Å². The van der Waals surface area contributed by atoms with Crippen LogP contribution >= 0.6 is 0 Å². The van der Waals surface area contributed by atoms with E-state index in [-0.39, 0.29) is 23.9 Å². The van der Waals surface area contributed by atoms with E-state index in [1.807, 2.05) is 13.8 Å². The molecule has 1 aliphatic carbocycles. The zero-order chi connectivity index (χ0) is 14.5. The summed E-state index contributed by atoms with van der Waals surface area (Å²) in [7, 11) is 0. The van der Waals surface area contributed by atoms with Gasteiger partial charge in [0.15, 0.2) is 5.69 Å². The molecule has 1 atom stereocenters. The second kappa shape index (κ2) is 6.88. The predicted octanol–water partition coefficient (Wildman–Crippen LogP) is 2.78. The van der Waals surface area contributed by atoms with E-state index in [4.69, 9.17) is 10.2 Å². The molecule has 1 aromatic rings. The van der Waals surface area contributed by atoms with Crippen molar-refractivity contribution in [2.24, 2.45) is 11.7 Å². The fraction of sp³-hybridized carbons (Fsp3) is 0.733. The van der Waals surface area contributed by atoms with Gasteiger partial charge in [-0.3, -0.25) is 4.79 Å². The van der Waals surface area contributed by atoms with Crippen LogP contribution in [0.5, 0.6) is 0 Å². The molecule has 3 N–H and O–H groups in total. The van der Waals surface area contributed by atoms with E-state index in [1.54, 1.807) is 0 Å². The zero-order valence-electron chi connectivity index (χ0n) is 12.4. The van der Waals surface area contributed by atoms with E-state index in [0.717, 1.165) is 12.8 Å². The molecule has 0 bridgehead atoms. The molecule has 5 nitrogen and oxygen atoms in total. The maximum atomic E-state index is 12.2. The molecule has 20 heavy (non-hydrogen) atoms. The van der Waals surface area contributed by atoms with E-state index < -0.39 is 0 Å². The lowest BCUT2D eigenvalue weighted by molar-refractivity contribution is 0.0928. The molecule has 1 saturated carbocycles. The molecule has 0 radical (unpaired) electrons. The fourth-order valence-corrected chi connectivity index (χ4v) is 2.51. The Hall–Kier alpha value is -1.36. The number of hydrogen-bond acceptors (Lipinski definition) is 4. The quantitative estimate of drug-likeness (QED) is 0.830. The summed E-state index contributed by atoms with van der Waals surface area (Å²) in [5.41, 5.74) is 6.30. The highest BCUT2D eigenvalue weighted by atomic mass is 16.3. The minimum absolute atomic E-state index is 0.150. The molecular weight excluding hydrogens is 254 g/mol. The first-order chi connectivity index (χ1) is 9.58. The van der Waals surface area contributed by atoms with Crippen LogP contribution in [0.3, 0.4) is 0 Å². The van der Waals surface area contributed by atoms with Gasteiger partial charge in [0.05, 0.1) is 6.04 Å². The van der Waals surface area contributed by atoms with E-state index in [2.05, 4.69) is 10.3 Å². The number of carbonyl (C=O) groups is 1. The molecule has 2 rings (SSSR count). The topological polar surface area (TPSA) is 81.1 Å². The van der Waals surface area contributed by atoms with Gasteiger partial charge in [-0.05, 0) is 18.8 Å². The summed E-state index contributed by atoms with van der Waals surface area (Å²) in [6.45, 7) is 4.00. The maximum absolute atomic E-state index is 12.2. The average molecular weight is 279 g/mol. The van der Waals surface area contributed by atoms with Crippen LogP contribution in [0.4, 0.5) is 0 Å². The molecule has 1 fully saturated rings. The van der Waals surface area contributed by atoms with Crippen molar-refractivity contribution in [3.63, 3.8) is 0 Å². The van der Waals surface area contributed by atoms with Crippen LogP contribution in [-0.4, -0.2) is 16.9 Å². The Bertz CT molecular complexity index is 434. The summed E-state index contributed by atoms with van der Waals surface area (Å²) in [6, 6.07) is -0.00153. The molecule has 0 saturated heterocycles. The van der Waals surface area contributed by atoms with Gasteiger partial charge < -0.3 is 15.5 Å². The third-order valence-electron chi connectivity index (χ3n) is 3.95. The van der Waals surface area contributed by atoms with E-state index in [1.165, 1.54) is 31.9 Å². The highest BCUT2D eigenvalue weighted by Gasteiger charge is 2.21.